The van der Waals surface area contributed by atoms with Gasteiger partial charge < -0.3 is 10.6 Å². The molecular formula is C15H20N6O. The molecule has 2 aromatic rings. The maximum atomic E-state index is 12.9. The molecule has 0 saturated carbocycles. The van der Waals surface area contributed by atoms with Crippen LogP contribution in [0.4, 0.5) is 0 Å². The summed E-state index contributed by atoms with van der Waals surface area (Å²) in [6, 6.07) is 7.49. The van der Waals surface area contributed by atoms with Crippen LogP contribution in [0.15, 0.2) is 30.6 Å². The molecule has 116 valence electrons. The highest BCUT2D eigenvalue weighted by Crippen LogP contribution is 2.22. The van der Waals surface area contributed by atoms with E-state index in [-0.39, 0.29) is 11.9 Å². The third-order valence-corrected chi connectivity index (χ3v) is 4.22. The highest BCUT2D eigenvalue weighted by atomic mass is 16.2. The Morgan fingerprint density at radius 3 is 2.95 bits per heavy atom. The van der Waals surface area contributed by atoms with E-state index in [4.69, 9.17) is 5.73 Å². The molecule has 0 radical (unpaired) electrons. The summed E-state index contributed by atoms with van der Waals surface area (Å²) in [5, 5.41) is 11.2. The van der Waals surface area contributed by atoms with Gasteiger partial charge in [0.15, 0.2) is 0 Å². The average Bonchev–Trinajstić information content (AvgIpc) is 3.08. The summed E-state index contributed by atoms with van der Waals surface area (Å²) in [6.07, 6.45) is 3.56. The van der Waals surface area contributed by atoms with Crippen LogP contribution >= 0.6 is 0 Å². The smallest absolute Gasteiger partial charge is 0.256 e. The van der Waals surface area contributed by atoms with E-state index in [1.807, 2.05) is 36.1 Å². The van der Waals surface area contributed by atoms with Crippen molar-refractivity contribution >= 4 is 5.91 Å². The fraction of sp³-hybridized carbons (Fsp3) is 0.467. The minimum Gasteiger partial charge on any atom is -0.338 e. The lowest BCUT2D eigenvalue weighted by molar-refractivity contribution is 0.0661. The zero-order valence-corrected chi connectivity index (χ0v) is 12.6. The van der Waals surface area contributed by atoms with Crippen molar-refractivity contribution in [2.24, 2.45) is 11.7 Å². The fourth-order valence-corrected chi connectivity index (χ4v) is 2.92. The molecule has 22 heavy (non-hydrogen) atoms. The first kappa shape index (κ1) is 14.6. The third kappa shape index (κ3) is 2.85. The summed E-state index contributed by atoms with van der Waals surface area (Å²) in [5.41, 5.74) is 7.31. The van der Waals surface area contributed by atoms with Gasteiger partial charge in [0.05, 0.1) is 11.3 Å². The molecule has 1 aliphatic heterocycles. The van der Waals surface area contributed by atoms with Crippen LogP contribution in [0, 0.1) is 5.92 Å². The number of likely N-dealkylation sites (tertiary alicyclic amines) is 1. The molecule has 7 heteroatoms. The number of piperidine rings is 1. The summed E-state index contributed by atoms with van der Waals surface area (Å²) in [6.45, 7) is 3.49. The maximum Gasteiger partial charge on any atom is 0.256 e. The number of nitrogens with two attached hydrogens (primary N) is 1. The Morgan fingerprint density at radius 1 is 1.41 bits per heavy atom. The van der Waals surface area contributed by atoms with Crippen LogP contribution in [0.5, 0.6) is 0 Å². The molecule has 1 saturated heterocycles. The molecule has 1 aromatic heterocycles. The third-order valence-electron chi connectivity index (χ3n) is 4.22. The highest BCUT2D eigenvalue weighted by Gasteiger charge is 2.27. The van der Waals surface area contributed by atoms with Gasteiger partial charge in [0, 0.05) is 19.1 Å². The Labute approximate surface area is 129 Å². The van der Waals surface area contributed by atoms with E-state index in [0.29, 0.717) is 23.7 Å². The van der Waals surface area contributed by atoms with E-state index in [9.17, 15) is 4.79 Å². The molecule has 0 aliphatic carbocycles. The van der Waals surface area contributed by atoms with E-state index in [1.165, 1.54) is 11.0 Å². The zero-order chi connectivity index (χ0) is 15.5. The number of para-hydroxylation sites is 1. The SMILES string of the molecule is C[C@@H](N)[C@@H]1CCCN(C(=O)c2ccccc2-n2cnnn2)C1. The Morgan fingerprint density at radius 2 is 2.23 bits per heavy atom. The number of hydrogen-bond donors (Lipinski definition) is 1. The first-order valence-electron chi connectivity index (χ1n) is 7.54. The van der Waals surface area contributed by atoms with E-state index >= 15 is 0 Å². The quantitative estimate of drug-likeness (QED) is 0.908. The average molecular weight is 300 g/mol. The van der Waals surface area contributed by atoms with Crippen molar-refractivity contribution in [2.75, 3.05) is 13.1 Å². The Kier molecular flexibility index (Phi) is 4.15. The van der Waals surface area contributed by atoms with Gasteiger partial charge in [0.1, 0.15) is 6.33 Å². The zero-order valence-electron chi connectivity index (χ0n) is 12.6. The summed E-state index contributed by atoms with van der Waals surface area (Å²) in [4.78, 5) is 14.8. The second-order valence-corrected chi connectivity index (χ2v) is 5.78. The molecule has 1 amide bonds. The number of tetrazole rings is 1. The predicted molar refractivity (Wildman–Crippen MR) is 81.4 cm³/mol. The molecule has 2 heterocycles. The second-order valence-electron chi connectivity index (χ2n) is 5.78. The minimum absolute atomic E-state index is 0.0106. The molecule has 2 atom stereocenters. The number of carbonyl (C=O) groups is 1. The monoisotopic (exact) mass is 300 g/mol. The molecule has 7 nitrogen and oxygen atoms in total. The number of rotatable bonds is 3. The van der Waals surface area contributed by atoms with Crippen LogP contribution in [0.25, 0.3) is 5.69 Å². The number of carbonyl (C=O) groups excluding carboxylic acids is 1. The largest absolute Gasteiger partial charge is 0.338 e. The molecule has 0 spiro atoms. The topological polar surface area (TPSA) is 89.9 Å². The molecule has 2 N–H and O–H groups in total. The van der Waals surface area contributed by atoms with Gasteiger partial charge in [-0.05, 0) is 48.2 Å². The van der Waals surface area contributed by atoms with Crippen molar-refractivity contribution in [1.82, 2.24) is 25.1 Å². The minimum atomic E-state index is 0.0106. The van der Waals surface area contributed by atoms with Crippen LogP contribution in [-0.4, -0.2) is 50.1 Å². The molecule has 3 rings (SSSR count). The predicted octanol–water partition coefficient (Wildman–Crippen LogP) is 0.862. The van der Waals surface area contributed by atoms with Crippen molar-refractivity contribution in [2.45, 2.75) is 25.8 Å². The van der Waals surface area contributed by atoms with E-state index in [0.717, 1.165) is 19.4 Å². The van der Waals surface area contributed by atoms with Crippen molar-refractivity contribution in [3.63, 3.8) is 0 Å². The van der Waals surface area contributed by atoms with Crippen molar-refractivity contribution in [3.8, 4) is 5.69 Å². The van der Waals surface area contributed by atoms with E-state index in [2.05, 4.69) is 15.5 Å². The number of benzene rings is 1. The van der Waals surface area contributed by atoms with Crippen LogP contribution in [-0.2, 0) is 0 Å². The van der Waals surface area contributed by atoms with Gasteiger partial charge in [-0.1, -0.05) is 12.1 Å². The van der Waals surface area contributed by atoms with Crippen LogP contribution < -0.4 is 5.73 Å². The van der Waals surface area contributed by atoms with Crippen molar-refractivity contribution in [3.05, 3.63) is 36.2 Å². The van der Waals surface area contributed by atoms with Gasteiger partial charge in [-0.15, -0.1) is 5.10 Å². The lowest BCUT2D eigenvalue weighted by Gasteiger charge is -2.35. The van der Waals surface area contributed by atoms with Crippen molar-refractivity contribution < 1.29 is 4.79 Å². The fourth-order valence-electron chi connectivity index (χ4n) is 2.92. The first-order valence-corrected chi connectivity index (χ1v) is 7.54. The maximum absolute atomic E-state index is 12.9. The number of hydrogen-bond acceptors (Lipinski definition) is 5. The Hall–Kier alpha value is -2.28. The highest BCUT2D eigenvalue weighted by molar-refractivity contribution is 5.97. The molecule has 0 bridgehead atoms. The van der Waals surface area contributed by atoms with E-state index < -0.39 is 0 Å². The first-order chi connectivity index (χ1) is 10.7. The van der Waals surface area contributed by atoms with Gasteiger partial charge >= 0.3 is 0 Å². The lowest BCUT2D eigenvalue weighted by atomic mass is 9.92. The molecule has 0 unspecified atom stereocenters. The summed E-state index contributed by atoms with van der Waals surface area (Å²) in [7, 11) is 0. The number of nitrogens with zero attached hydrogens (tertiary/aromatic N) is 5. The van der Waals surface area contributed by atoms with Crippen LogP contribution in [0.3, 0.4) is 0 Å². The Bertz CT molecular complexity index is 639. The molecule has 1 fully saturated rings. The molecule has 1 aliphatic rings. The van der Waals surface area contributed by atoms with Gasteiger partial charge in [0.2, 0.25) is 0 Å². The van der Waals surface area contributed by atoms with Gasteiger partial charge in [-0.25, -0.2) is 0 Å². The normalized spacial score (nSPS) is 19.9. The molecular weight excluding hydrogens is 280 g/mol. The number of aromatic nitrogens is 4. The summed E-state index contributed by atoms with van der Waals surface area (Å²) >= 11 is 0. The molecule has 1 aromatic carbocycles. The van der Waals surface area contributed by atoms with Crippen molar-refractivity contribution in [1.29, 1.82) is 0 Å². The van der Waals surface area contributed by atoms with Crippen LogP contribution in [0.1, 0.15) is 30.1 Å². The van der Waals surface area contributed by atoms with Gasteiger partial charge in [-0.3, -0.25) is 4.79 Å². The summed E-state index contributed by atoms with van der Waals surface area (Å²) in [5.74, 6) is 0.370. The standard InChI is InChI=1S/C15H20N6O/c1-11(16)12-5-4-8-20(9-12)15(22)13-6-2-3-7-14(13)21-10-17-18-19-21/h2-3,6-7,10-12H,4-5,8-9,16H2,1H3/t11-,12-/m1/s1. The summed E-state index contributed by atoms with van der Waals surface area (Å²) < 4.78 is 1.51. The van der Waals surface area contributed by atoms with E-state index in [1.54, 1.807) is 0 Å². The Balaban J connectivity index is 1.87. The van der Waals surface area contributed by atoms with Crippen LogP contribution in [0.2, 0.25) is 0 Å². The number of amides is 1. The lowest BCUT2D eigenvalue weighted by Crippen LogP contribution is -2.45. The van der Waals surface area contributed by atoms with Gasteiger partial charge in [0.25, 0.3) is 5.91 Å². The van der Waals surface area contributed by atoms with Gasteiger partial charge in [-0.2, -0.15) is 4.68 Å². The second kappa shape index (κ2) is 6.23.